The summed E-state index contributed by atoms with van der Waals surface area (Å²) in [5.41, 5.74) is 2.43. The number of aromatic nitrogens is 3. The van der Waals surface area contributed by atoms with Crippen molar-refractivity contribution in [2.45, 2.75) is 25.4 Å². The molecule has 3 saturated heterocycles. The second-order valence-corrected chi connectivity index (χ2v) is 11.1. The van der Waals surface area contributed by atoms with E-state index in [2.05, 4.69) is 26.2 Å². The normalized spacial score (nSPS) is 23.4. The van der Waals surface area contributed by atoms with Gasteiger partial charge in [0.1, 0.15) is 5.82 Å². The number of halogens is 1. The van der Waals surface area contributed by atoms with Gasteiger partial charge in [0.15, 0.2) is 11.6 Å². The number of benzene rings is 1. The number of hydrogen-bond donors (Lipinski definition) is 2. The molecule has 2 N–H and O–H groups in total. The molecule has 35 heavy (non-hydrogen) atoms. The Hall–Kier alpha value is -2.59. The highest BCUT2D eigenvalue weighted by atomic mass is 32.1. The average Bonchev–Trinajstić information content (AvgIpc) is 3.62. The number of thiophene rings is 1. The van der Waals surface area contributed by atoms with Crippen molar-refractivity contribution < 1.29 is 9.13 Å². The topological polar surface area (TPSA) is 69.3 Å². The third-order valence-corrected chi connectivity index (χ3v) is 8.81. The van der Waals surface area contributed by atoms with Crippen LogP contribution >= 0.6 is 11.3 Å². The summed E-state index contributed by atoms with van der Waals surface area (Å²) in [6, 6.07) is 7.96. The zero-order valence-corrected chi connectivity index (χ0v) is 20.4. The van der Waals surface area contributed by atoms with Gasteiger partial charge in [-0.1, -0.05) is 0 Å². The zero-order chi connectivity index (χ0) is 23.4. The minimum Gasteiger partial charge on any atom is -0.378 e. The highest BCUT2D eigenvalue weighted by Crippen LogP contribution is 2.37. The predicted molar refractivity (Wildman–Crippen MR) is 137 cm³/mol. The van der Waals surface area contributed by atoms with Crippen molar-refractivity contribution in [1.29, 1.82) is 0 Å². The van der Waals surface area contributed by atoms with Crippen LogP contribution in [0.4, 0.5) is 10.2 Å². The van der Waals surface area contributed by atoms with E-state index in [0.717, 1.165) is 77.7 Å². The Morgan fingerprint density at radius 2 is 2.03 bits per heavy atom. The molecule has 9 heteroatoms. The fourth-order valence-corrected chi connectivity index (χ4v) is 7.11. The summed E-state index contributed by atoms with van der Waals surface area (Å²) >= 11 is 1.80. The number of nitrogens with zero attached hydrogens (tertiary/aromatic N) is 4. The van der Waals surface area contributed by atoms with Crippen LogP contribution in [-0.2, 0) is 11.3 Å². The van der Waals surface area contributed by atoms with E-state index >= 15 is 0 Å². The van der Waals surface area contributed by atoms with Crippen molar-refractivity contribution in [1.82, 2.24) is 25.2 Å². The van der Waals surface area contributed by atoms with Crippen LogP contribution in [0.2, 0.25) is 0 Å². The molecule has 0 spiro atoms. The number of morpholine rings is 1. The number of hydrogen-bond acceptors (Lipinski definition) is 7. The molecule has 0 aliphatic carbocycles. The molecule has 0 unspecified atom stereocenters. The van der Waals surface area contributed by atoms with Crippen molar-refractivity contribution in [2.75, 3.05) is 50.8 Å². The number of ether oxygens (including phenoxy) is 1. The summed E-state index contributed by atoms with van der Waals surface area (Å²) < 4.78 is 21.2. The molecule has 1 aromatic carbocycles. The molecular formula is C26H29FN6OS. The molecule has 3 aliphatic rings. The first kappa shape index (κ1) is 21.7. The van der Waals surface area contributed by atoms with Gasteiger partial charge >= 0.3 is 0 Å². The molecule has 6 heterocycles. The van der Waals surface area contributed by atoms with Crippen LogP contribution in [0, 0.1) is 11.7 Å². The van der Waals surface area contributed by atoms with E-state index in [4.69, 9.17) is 14.7 Å². The zero-order valence-electron chi connectivity index (χ0n) is 19.6. The van der Waals surface area contributed by atoms with Gasteiger partial charge in [0, 0.05) is 66.3 Å². The lowest BCUT2D eigenvalue weighted by Crippen LogP contribution is -2.43. The Bertz CT molecular complexity index is 1380. The predicted octanol–water partition coefficient (Wildman–Crippen LogP) is 4.00. The maximum absolute atomic E-state index is 14.5. The molecule has 182 valence electrons. The van der Waals surface area contributed by atoms with E-state index in [-0.39, 0.29) is 5.82 Å². The average molecular weight is 493 g/mol. The lowest BCUT2D eigenvalue weighted by molar-refractivity contribution is 0.122. The van der Waals surface area contributed by atoms with E-state index in [1.165, 1.54) is 23.8 Å². The molecule has 0 bridgehead atoms. The molecular weight excluding hydrogens is 463 g/mol. The van der Waals surface area contributed by atoms with Crippen molar-refractivity contribution in [2.24, 2.45) is 5.92 Å². The standard InChI is InChI=1S/C26H29FN6OS/c27-17-11-20(19-2-5-29-22(19)12-17)25-30-23-13-18(15-32-6-3-21-16(14-32)1-4-28-21)35-24(23)26(31-25)33-7-9-34-10-8-33/h2,5,11-13,16,21,28-29H,1,3-4,6-10,14-15H2/t16-,21+/m0/s1. The molecule has 2 atom stereocenters. The lowest BCUT2D eigenvalue weighted by Gasteiger charge is -2.34. The Morgan fingerprint density at radius 1 is 1.11 bits per heavy atom. The van der Waals surface area contributed by atoms with Crippen LogP contribution in [0.3, 0.4) is 0 Å². The molecule has 0 amide bonds. The Kier molecular flexibility index (Phi) is 5.46. The SMILES string of the molecule is Fc1cc(-c2nc(N3CCOCC3)c3sc(CN4CC[C@H]5NCC[C@H]5C4)cc3n2)c2cc[nH]c2c1. The fourth-order valence-electron chi connectivity index (χ4n) is 5.96. The third-order valence-electron chi connectivity index (χ3n) is 7.71. The van der Waals surface area contributed by atoms with E-state index < -0.39 is 0 Å². The molecule has 0 radical (unpaired) electrons. The summed E-state index contributed by atoms with van der Waals surface area (Å²) in [5, 5.41) is 4.59. The maximum Gasteiger partial charge on any atom is 0.163 e. The van der Waals surface area contributed by atoms with Gasteiger partial charge in [0.05, 0.1) is 23.4 Å². The van der Waals surface area contributed by atoms with Crippen LogP contribution in [0.15, 0.2) is 30.5 Å². The number of H-pyrrole nitrogens is 1. The Labute approximate surface area is 207 Å². The second-order valence-electron chi connectivity index (χ2n) is 9.92. The highest BCUT2D eigenvalue weighted by molar-refractivity contribution is 7.19. The molecule has 4 aromatic rings. The van der Waals surface area contributed by atoms with Crippen molar-refractivity contribution in [3.63, 3.8) is 0 Å². The number of rotatable bonds is 4. The summed E-state index contributed by atoms with van der Waals surface area (Å²) in [6.45, 7) is 7.36. The summed E-state index contributed by atoms with van der Waals surface area (Å²) in [4.78, 5) is 19.3. The van der Waals surface area contributed by atoms with E-state index in [0.29, 0.717) is 25.1 Å². The maximum atomic E-state index is 14.5. The van der Waals surface area contributed by atoms with Crippen molar-refractivity contribution >= 4 is 38.3 Å². The third kappa shape index (κ3) is 4.00. The van der Waals surface area contributed by atoms with Crippen LogP contribution < -0.4 is 10.2 Å². The van der Waals surface area contributed by atoms with E-state index in [1.807, 2.05) is 12.3 Å². The van der Waals surface area contributed by atoms with Crippen molar-refractivity contribution in [3.8, 4) is 11.4 Å². The first-order valence-electron chi connectivity index (χ1n) is 12.6. The number of fused-ring (bicyclic) bond motifs is 3. The second kappa shape index (κ2) is 8.81. The van der Waals surface area contributed by atoms with Crippen LogP contribution in [0.1, 0.15) is 17.7 Å². The molecule has 3 aromatic heterocycles. The molecule has 3 aliphatic heterocycles. The van der Waals surface area contributed by atoms with Crippen molar-refractivity contribution in [3.05, 3.63) is 41.2 Å². The monoisotopic (exact) mass is 492 g/mol. The lowest BCUT2D eigenvalue weighted by atomic mass is 9.93. The Morgan fingerprint density at radius 3 is 2.94 bits per heavy atom. The van der Waals surface area contributed by atoms with E-state index in [1.54, 1.807) is 17.4 Å². The summed E-state index contributed by atoms with van der Waals surface area (Å²) in [5.74, 6) is 1.99. The van der Waals surface area contributed by atoms with Gasteiger partial charge in [0.2, 0.25) is 0 Å². The summed E-state index contributed by atoms with van der Waals surface area (Å²) in [6.07, 6.45) is 4.34. The van der Waals surface area contributed by atoms with Gasteiger partial charge in [-0.3, -0.25) is 4.90 Å². The number of piperidine rings is 1. The van der Waals surface area contributed by atoms with Crippen LogP contribution in [0.5, 0.6) is 0 Å². The van der Waals surface area contributed by atoms with Gasteiger partial charge in [-0.25, -0.2) is 14.4 Å². The summed E-state index contributed by atoms with van der Waals surface area (Å²) in [7, 11) is 0. The number of likely N-dealkylation sites (tertiary alicyclic amines) is 1. The Balaban J connectivity index is 1.29. The number of aromatic amines is 1. The van der Waals surface area contributed by atoms with E-state index in [9.17, 15) is 4.39 Å². The minimum atomic E-state index is -0.289. The van der Waals surface area contributed by atoms with Crippen LogP contribution in [0.25, 0.3) is 32.5 Å². The quantitative estimate of drug-likeness (QED) is 0.449. The van der Waals surface area contributed by atoms with Gasteiger partial charge in [-0.15, -0.1) is 11.3 Å². The van der Waals surface area contributed by atoms with Gasteiger partial charge in [0.25, 0.3) is 0 Å². The fraction of sp³-hybridized carbons (Fsp3) is 0.462. The molecule has 3 fully saturated rings. The largest absolute Gasteiger partial charge is 0.378 e. The minimum absolute atomic E-state index is 0.289. The number of nitrogens with one attached hydrogen (secondary N) is 2. The van der Waals surface area contributed by atoms with Gasteiger partial charge < -0.3 is 19.9 Å². The first-order valence-corrected chi connectivity index (χ1v) is 13.4. The number of anilines is 1. The first-order chi connectivity index (χ1) is 17.2. The molecule has 7 rings (SSSR count). The van der Waals surface area contributed by atoms with Crippen LogP contribution in [-0.4, -0.2) is 71.8 Å². The van der Waals surface area contributed by atoms with Gasteiger partial charge in [-0.05, 0) is 49.6 Å². The van der Waals surface area contributed by atoms with Gasteiger partial charge in [-0.2, -0.15) is 0 Å². The molecule has 7 nitrogen and oxygen atoms in total. The molecule has 0 saturated carbocycles. The smallest absolute Gasteiger partial charge is 0.163 e. The highest BCUT2D eigenvalue weighted by Gasteiger charge is 2.32.